The molecule has 0 radical (unpaired) electrons. The molecule has 9 nitrogen and oxygen atoms in total. The van der Waals surface area contributed by atoms with Crippen LogP contribution in [-0.4, -0.2) is 34.9 Å². The molecule has 0 spiro atoms. The smallest absolute Gasteiger partial charge is 0.354 e. The highest BCUT2D eigenvalue weighted by molar-refractivity contribution is 6.42. The highest BCUT2D eigenvalue weighted by atomic mass is 35.5. The first-order chi connectivity index (χ1) is 20.3. The Morgan fingerprint density at radius 1 is 1.14 bits per heavy atom. The highest BCUT2D eigenvalue weighted by Crippen LogP contribution is 2.46. The molecule has 2 aliphatic rings. The number of hydrogen-bond donors (Lipinski definition) is 3. The summed E-state index contributed by atoms with van der Waals surface area (Å²) in [5.41, 5.74) is 4.36. The minimum atomic E-state index is -1.33. The Morgan fingerprint density at radius 2 is 1.90 bits per heavy atom. The highest BCUT2D eigenvalue weighted by Gasteiger charge is 2.34. The maximum absolute atomic E-state index is 13.1. The SMILES string of the molecule is CNc1cc(N2C(=O)CCc3cc(OCc4c(-c5c(Cl)cccc5Cl)noc4C4CC4)ccc32)ccc1C(=N)C(=O)O. The molecule has 1 aliphatic carbocycles. The van der Waals surface area contributed by atoms with Crippen molar-refractivity contribution in [3.63, 3.8) is 0 Å². The molecule has 1 aromatic heterocycles. The summed E-state index contributed by atoms with van der Waals surface area (Å²) in [6, 6.07) is 15.7. The van der Waals surface area contributed by atoms with Gasteiger partial charge in [0.05, 0.1) is 27.0 Å². The largest absolute Gasteiger partial charge is 0.489 e. The van der Waals surface area contributed by atoms with Crippen molar-refractivity contribution < 1.29 is 24.0 Å². The number of hydrogen-bond acceptors (Lipinski definition) is 7. The molecule has 1 aliphatic heterocycles. The van der Waals surface area contributed by atoms with Crippen LogP contribution >= 0.6 is 23.2 Å². The Hall–Kier alpha value is -4.34. The number of nitrogens with one attached hydrogen (secondary N) is 2. The normalized spacial score (nSPS) is 14.5. The van der Waals surface area contributed by atoms with E-state index in [0.29, 0.717) is 62.9 Å². The number of fused-ring (bicyclic) bond motifs is 1. The van der Waals surface area contributed by atoms with Crippen LogP contribution in [0.4, 0.5) is 17.1 Å². The lowest BCUT2D eigenvalue weighted by atomic mass is 9.99. The second-order valence-electron chi connectivity index (χ2n) is 10.2. The van der Waals surface area contributed by atoms with Gasteiger partial charge < -0.3 is 19.7 Å². The van der Waals surface area contributed by atoms with Crippen LogP contribution in [0.2, 0.25) is 10.0 Å². The van der Waals surface area contributed by atoms with Gasteiger partial charge in [-0.3, -0.25) is 15.1 Å². The third-order valence-electron chi connectivity index (χ3n) is 7.51. The lowest BCUT2D eigenvalue weighted by molar-refractivity contribution is -0.129. The van der Waals surface area contributed by atoms with Gasteiger partial charge in [0.1, 0.15) is 29.5 Å². The maximum Gasteiger partial charge on any atom is 0.354 e. The predicted molar refractivity (Wildman–Crippen MR) is 161 cm³/mol. The van der Waals surface area contributed by atoms with Crippen molar-refractivity contribution >= 4 is 57.9 Å². The number of carboxylic acid groups (broad SMARTS) is 1. The molecule has 1 fully saturated rings. The van der Waals surface area contributed by atoms with Gasteiger partial charge in [-0.05, 0) is 73.4 Å². The second kappa shape index (κ2) is 11.2. The quantitative estimate of drug-likeness (QED) is 0.172. The van der Waals surface area contributed by atoms with Gasteiger partial charge >= 0.3 is 5.97 Å². The zero-order valence-electron chi connectivity index (χ0n) is 22.5. The first kappa shape index (κ1) is 27.8. The Kier molecular flexibility index (Phi) is 7.38. The molecule has 2 heterocycles. The fourth-order valence-electron chi connectivity index (χ4n) is 5.26. The molecule has 6 rings (SSSR count). The zero-order valence-corrected chi connectivity index (χ0v) is 24.1. The summed E-state index contributed by atoms with van der Waals surface area (Å²) < 4.78 is 12.0. The van der Waals surface area contributed by atoms with Crippen LogP contribution in [0, 0.1) is 5.41 Å². The molecule has 0 unspecified atom stereocenters. The van der Waals surface area contributed by atoms with E-state index in [2.05, 4.69) is 10.5 Å². The van der Waals surface area contributed by atoms with Gasteiger partial charge in [-0.2, -0.15) is 0 Å². The number of carbonyl (C=O) groups is 2. The Labute approximate surface area is 251 Å². The van der Waals surface area contributed by atoms with E-state index in [4.69, 9.17) is 37.9 Å². The monoisotopic (exact) mass is 604 g/mol. The number of anilines is 3. The third kappa shape index (κ3) is 5.10. The summed E-state index contributed by atoms with van der Waals surface area (Å²) in [6.45, 7) is 0.205. The van der Waals surface area contributed by atoms with Crippen LogP contribution in [0.3, 0.4) is 0 Å². The zero-order chi connectivity index (χ0) is 29.5. The number of aryl methyl sites for hydroxylation is 1. The molecule has 3 aromatic carbocycles. The number of carboxylic acids is 1. The number of benzene rings is 3. The van der Waals surface area contributed by atoms with Gasteiger partial charge in [-0.15, -0.1) is 0 Å². The van der Waals surface area contributed by atoms with E-state index in [1.165, 1.54) is 6.07 Å². The summed E-state index contributed by atoms with van der Waals surface area (Å²) in [5.74, 6) is 0.295. The van der Waals surface area contributed by atoms with Gasteiger partial charge in [0.2, 0.25) is 5.91 Å². The van der Waals surface area contributed by atoms with Crippen molar-refractivity contribution in [3.8, 4) is 17.0 Å². The van der Waals surface area contributed by atoms with Crippen LogP contribution in [-0.2, 0) is 22.6 Å². The van der Waals surface area contributed by atoms with E-state index in [0.717, 1.165) is 29.7 Å². The number of aliphatic carboxylic acids is 1. The first-order valence-electron chi connectivity index (χ1n) is 13.4. The van der Waals surface area contributed by atoms with E-state index in [-0.39, 0.29) is 18.1 Å². The Bertz CT molecular complexity index is 1730. The number of halogens is 2. The molecule has 4 aromatic rings. The maximum atomic E-state index is 13.1. The molecule has 0 atom stereocenters. The van der Waals surface area contributed by atoms with Crippen LogP contribution in [0.1, 0.15) is 47.6 Å². The number of carbonyl (C=O) groups excluding carboxylic acids is 1. The van der Waals surface area contributed by atoms with Crippen molar-refractivity contribution in [3.05, 3.63) is 87.1 Å². The lowest BCUT2D eigenvalue weighted by Crippen LogP contribution is -2.31. The summed E-state index contributed by atoms with van der Waals surface area (Å²) in [4.78, 5) is 26.1. The first-order valence-corrected chi connectivity index (χ1v) is 14.2. The fourth-order valence-corrected chi connectivity index (χ4v) is 5.83. The van der Waals surface area contributed by atoms with E-state index in [1.54, 1.807) is 42.3 Å². The van der Waals surface area contributed by atoms with Crippen molar-refractivity contribution in [1.29, 1.82) is 5.41 Å². The minimum Gasteiger partial charge on any atom is -0.489 e. The van der Waals surface area contributed by atoms with E-state index >= 15 is 0 Å². The molecular formula is C31H26Cl2N4O5. The lowest BCUT2D eigenvalue weighted by Gasteiger charge is -2.30. The van der Waals surface area contributed by atoms with Gasteiger partial charge in [0, 0.05) is 36.2 Å². The topological polar surface area (TPSA) is 129 Å². The minimum absolute atomic E-state index is 0.0842. The van der Waals surface area contributed by atoms with Gasteiger partial charge in [-0.1, -0.05) is 34.4 Å². The average molecular weight is 605 g/mol. The van der Waals surface area contributed by atoms with Crippen LogP contribution in [0.5, 0.6) is 5.75 Å². The number of amides is 1. The van der Waals surface area contributed by atoms with Gasteiger partial charge in [0.15, 0.2) is 0 Å². The summed E-state index contributed by atoms with van der Waals surface area (Å²) in [6.07, 6.45) is 2.89. The summed E-state index contributed by atoms with van der Waals surface area (Å²) >= 11 is 13.0. The van der Waals surface area contributed by atoms with Crippen molar-refractivity contribution in [1.82, 2.24) is 5.16 Å². The molecule has 11 heteroatoms. The Morgan fingerprint density at radius 3 is 2.60 bits per heavy atom. The molecule has 0 bridgehead atoms. The summed E-state index contributed by atoms with van der Waals surface area (Å²) in [7, 11) is 1.64. The summed E-state index contributed by atoms with van der Waals surface area (Å²) in [5, 5.41) is 25.4. The fraction of sp³-hybridized carbons (Fsp3) is 0.226. The van der Waals surface area contributed by atoms with Gasteiger partial charge in [0.25, 0.3) is 0 Å². The average Bonchev–Trinajstić information content (AvgIpc) is 3.75. The molecular weight excluding hydrogens is 579 g/mol. The van der Waals surface area contributed by atoms with E-state index in [9.17, 15) is 14.7 Å². The number of ether oxygens (including phenoxy) is 1. The third-order valence-corrected chi connectivity index (χ3v) is 8.14. The van der Waals surface area contributed by atoms with Crippen molar-refractivity contribution in [2.24, 2.45) is 0 Å². The molecule has 42 heavy (non-hydrogen) atoms. The number of aromatic nitrogens is 1. The molecule has 3 N–H and O–H groups in total. The van der Waals surface area contributed by atoms with Gasteiger partial charge in [-0.25, -0.2) is 4.79 Å². The van der Waals surface area contributed by atoms with E-state index < -0.39 is 11.7 Å². The predicted octanol–water partition coefficient (Wildman–Crippen LogP) is 7.21. The van der Waals surface area contributed by atoms with Crippen LogP contribution in [0.15, 0.2) is 59.1 Å². The molecule has 0 saturated heterocycles. The Balaban J connectivity index is 1.29. The second-order valence-corrected chi connectivity index (χ2v) is 11.0. The van der Waals surface area contributed by atoms with Crippen molar-refractivity contribution in [2.75, 3.05) is 17.3 Å². The van der Waals surface area contributed by atoms with E-state index in [1.807, 2.05) is 18.2 Å². The number of rotatable bonds is 9. The number of nitrogens with zero attached hydrogens (tertiary/aromatic N) is 2. The molecule has 1 amide bonds. The van der Waals surface area contributed by atoms with Crippen LogP contribution in [0.25, 0.3) is 11.3 Å². The van der Waals surface area contributed by atoms with Crippen molar-refractivity contribution in [2.45, 2.75) is 38.2 Å². The standard InChI is InChI=1S/C31H26Cl2N4O5/c1-35-24-14-18(8-10-20(24)28(34)31(39)40)37-25-11-9-19(13-17(25)7-12-26(37)38)41-15-21-29(36-42-30(21)16-5-6-16)27-22(32)3-2-4-23(27)33/h2-4,8-11,13-14,16,34-35H,5-7,12,15H2,1H3,(H,39,40). The molecule has 214 valence electrons. The molecule has 1 saturated carbocycles. The van der Waals surface area contributed by atoms with Crippen LogP contribution < -0.4 is 15.0 Å².